The Hall–Kier alpha value is -4.23. The predicted molar refractivity (Wildman–Crippen MR) is 148 cm³/mol. The maximum Gasteiger partial charge on any atom is 0.295 e. The number of aromatic nitrogens is 1. The third-order valence-corrected chi connectivity index (χ3v) is 6.96. The normalized spacial score (nSPS) is 16.6. The van der Waals surface area contributed by atoms with Crippen LogP contribution in [0.3, 0.4) is 0 Å². The molecule has 6 nitrogen and oxygen atoms in total. The number of carbonyl (C=O) groups is 2. The van der Waals surface area contributed by atoms with Crippen LogP contribution in [0.5, 0.6) is 5.75 Å². The van der Waals surface area contributed by atoms with Gasteiger partial charge in [0.2, 0.25) is 0 Å². The Morgan fingerprint density at radius 2 is 1.76 bits per heavy atom. The molecule has 7 heteroatoms. The SMILES string of the molecule is Cc1cc(/C(O)=C2\C(=O)C(=O)N(Cc3cccnc3)[C@H]2c2cccc(Br)c2)ccc1OCc1ccccc1. The molecule has 4 aromatic rings. The Kier molecular flexibility index (Phi) is 7.38. The zero-order valence-electron chi connectivity index (χ0n) is 20.7. The highest BCUT2D eigenvalue weighted by atomic mass is 79.9. The van der Waals surface area contributed by atoms with Gasteiger partial charge in [-0.05, 0) is 65.6 Å². The van der Waals surface area contributed by atoms with E-state index in [9.17, 15) is 14.7 Å². The van der Waals surface area contributed by atoms with E-state index in [0.29, 0.717) is 23.5 Å². The second-order valence-corrected chi connectivity index (χ2v) is 10.0. The first-order valence-corrected chi connectivity index (χ1v) is 12.9. The van der Waals surface area contributed by atoms with E-state index in [0.717, 1.165) is 21.2 Å². The van der Waals surface area contributed by atoms with Gasteiger partial charge in [-0.2, -0.15) is 0 Å². The van der Waals surface area contributed by atoms with Crippen molar-refractivity contribution in [2.75, 3.05) is 0 Å². The number of hydrogen-bond acceptors (Lipinski definition) is 5. The number of nitrogens with zero attached hydrogens (tertiary/aromatic N) is 2. The van der Waals surface area contributed by atoms with Gasteiger partial charge in [0.1, 0.15) is 18.1 Å². The first-order chi connectivity index (χ1) is 18.4. The van der Waals surface area contributed by atoms with Gasteiger partial charge < -0.3 is 14.7 Å². The molecule has 38 heavy (non-hydrogen) atoms. The fourth-order valence-electron chi connectivity index (χ4n) is 4.60. The molecular weight excluding hydrogens is 544 g/mol. The molecule has 1 saturated heterocycles. The number of amides is 1. The summed E-state index contributed by atoms with van der Waals surface area (Å²) < 4.78 is 6.77. The number of rotatable bonds is 7. The van der Waals surface area contributed by atoms with Gasteiger partial charge in [-0.1, -0.05) is 64.5 Å². The van der Waals surface area contributed by atoms with E-state index in [-0.39, 0.29) is 17.9 Å². The van der Waals surface area contributed by atoms with Crippen molar-refractivity contribution in [3.63, 3.8) is 0 Å². The molecule has 0 radical (unpaired) electrons. The van der Waals surface area contributed by atoms with Crippen molar-refractivity contribution in [1.82, 2.24) is 9.88 Å². The summed E-state index contributed by atoms with van der Waals surface area (Å²) in [6.45, 7) is 2.47. The number of carbonyl (C=O) groups excluding carboxylic acids is 2. The molecule has 1 amide bonds. The lowest BCUT2D eigenvalue weighted by Crippen LogP contribution is -2.29. The summed E-state index contributed by atoms with van der Waals surface area (Å²) in [7, 11) is 0. The Bertz CT molecular complexity index is 1520. The van der Waals surface area contributed by atoms with E-state index in [4.69, 9.17) is 4.74 Å². The van der Waals surface area contributed by atoms with Crippen LogP contribution in [0.4, 0.5) is 0 Å². The fraction of sp³-hybridized carbons (Fsp3) is 0.129. The van der Waals surface area contributed by atoms with E-state index in [2.05, 4.69) is 20.9 Å². The minimum absolute atomic E-state index is 0.0503. The fourth-order valence-corrected chi connectivity index (χ4v) is 5.02. The van der Waals surface area contributed by atoms with Crippen molar-refractivity contribution in [2.24, 2.45) is 0 Å². The molecule has 0 spiro atoms. The van der Waals surface area contributed by atoms with E-state index in [1.165, 1.54) is 4.90 Å². The van der Waals surface area contributed by atoms with Crippen molar-refractivity contribution in [1.29, 1.82) is 0 Å². The molecular formula is C31H25BrN2O4. The van der Waals surface area contributed by atoms with Crippen LogP contribution >= 0.6 is 15.9 Å². The van der Waals surface area contributed by atoms with Gasteiger partial charge in [0.15, 0.2) is 0 Å². The minimum Gasteiger partial charge on any atom is -0.507 e. The maximum atomic E-state index is 13.3. The number of Topliss-reactive ketones (excluding diaryl/α,β-unsaturated/α-hetero) is 1. The molecule has 1 aromatic heterocycles. The summed E-state index contributed by atoms with van der Waals surface area (Å²) in [4.78, 5) is 32.2. The molecule has 0 aliphatic carbocycles. The molecule has 1 aliphatic rings. The van der Waals surface area contributed by atoms with Gasteiger partial charge in [-0.25, -0.2) is 0 Å². The maximum absolute atomic E-state index is 13.3. The second kappa shape index (κ2) is 11.0. The summed E-state index contributed by atoms with van der Waals surface area (Å²) in [5, 5.41) is 11.4. The zero-order chi connectivity index (χ0) is 26.6. The lowest BCUT2D eigenvalue weighted by atomic mass is 9.94. The number of hydrogen-bond donors (Lipinski definition) is 1. The molecule has 1 N–H and O–H groups in total. The lowest BCUT2D eigenvalue weighted by Gasteiger charge is -2.25. The van der Waals surface area contributed by atoms with Crippen LogP contribution in [0.1, 0.15) is 33.9 Å². The Labute approximate surface area is 229 Å². The van der Waals surface area contributed by atoms with Crippen LogP contribution in [0.15, 0.2) is 107 Å². The summed E-state index contributed by atoms with van der Waals surface area (Å²) in [5.41, 5.74) is 3.83. The van der Waals surface area contributed by atoms with Gasteiger partial charge in [-0.15, -0.1) is 0 Å². The summed E-state index contributed by atoms with van der Waals surface area (Å²) in [5.74, 6) is -0.941. The van der Waals surface area contributed by atoms with Gasteiger partial charge in [0.25, 0.3) is 11.7 Å². The molecule has 0 unspecified atom stereocenters. The van der Waals surface area contributed by atoms with E-state index < -0.39 is 17.7 Å². The van der Waals surface area contributed by atoms with Crippen molar-refractivity contribution in [3.05, 3.63) is 135 Å². The van der Waals surface area contributed by atoms with Crippen molar-refractivity contribution in [3.8, 4) is 5.75 Å². The average Bonchev–Trinajstić information content (AvgIpc) is 3.18. The largest absolute Gasteiger partial charge is 0.507 e. The quantitative estimate of drug-likeness (QED) is 0.159. The van der Waals surface area contributed by atoms with Crippen molar-refractivity contribution < 1.29 is 19.4 Å². The van der Waals surface area contributed by atoms with E-state index in [1.54, 1.807) is 36.7 Å². The minimum atomic E-state index is -0.762. The lowest BCUT2D eigenvalue weighted by molar-refractivity contribution is -0.140. The molecule has 5 rings (SSSR count). The molecule has 1 atom stereocenters. The van der Waals surface area contributed by atoms with E-state index in [1.807, 2.05) is 67.6 Å². The number of aliphatic hydroxyl groups excluding tert-OH is 1. The first-order valence-electron chi connectivity index (χ1n) is 12.1. The topological polar surface area (TPSA) is 79.7 Å². The predicted octanol–water partition coefficient (Wildman–Crippen LogP) is 6.35. The van der Waals surface area contributed by atoms with E-state index >= 15 is 0 Å². The van der Waals surface area contributed by atoms with Crippen LogP contribution in [-0.2, 0) is 22.7 Å². The number of benzene rings is 3. The third kappa shape index (κ3) is 5.24. The summed E-state index contributed by atoms with van der Waals surface area (Å²) >= 11 is 3.49. The van der Waals surface area contributed by atoms with Crippen molar-refractivity contribution >= 4 is 33.4 Å². The van der Waals surface area contributed by atoms with Gasteiger partial charge in [0.05, 0.1) is 11.6 Å². The standard InChI is InChI=1S/C31H25BrN2O4/c1-20-15-24(12-13-26(20)38-19-21-7-3-2-4-8-21)29(35)27-28(23-10-5-11-25(32)16-23)34(31(37)30(27)36)18-22-9-6-14-33-17-22/h2-17,28,35H,18-19H2,1H3/b29-27+/t28-/m0/s1. The Morgan fingerprint density at radius 3 is 2.47 bits per heavy atom. The number of aryl methyl sites for hydroxylation is 1. The smallest absolute Gasteiger partial charge is 0.295 e. The molecule has 0 saturated carbocycles. The average molecular weight is 569 g/mol. The Morgan fingerprint density at radius 1 is 0.974 bits per heavy atom. The van der Waals surface area contributed by atoms with Gasteiger partial charge >= 0.3 is 0 Å². The first kappa shape index (κ1) is 25.4. The highest BCUT2D eigenvalue weighted by Gasteiger charge is 2.46. The van der Waals surface area contributed by atoms with Gasteiger partial charge in [-0.3, -0.25) is 14.6 Å². The van der Waals surface area contributed by atoms with Crippen LogP contribution in [-0.4, -0.2) is 26.7 Å². The molecule has 190 valence electrons. The number of halogens is 1. The Balaban J connectivity index is 1.52. The van der Waals surface area contributed by atoms with Crippen LogP contribution in [0.25, 0.3) is 5.76 Å². The molecule has 1 aliphatic heterocycles. The zero-order valence-corrected chi connectivity index (χ0v) is 22.3. The summed E-state index contributed by atoms with van der Waals surface area (Å²) in [6, 6.07) is 25.4. The number of pyridine rings is 1. The summed E-state index contributed by atoms with van der Waals surface area (Å²) in [6.07, 6.45) is 3.31. The van der Waals surface area contributed by atoms with Crippen molar-refractivity contribution in [2.45, 2.75) is 26.1 Å². The van der Waals surface area contributed by atoms with Crippen LogP contribution < -0.4 is 4.74 Å². The number of likely N-dealkylation sites (tertiary alicyclic amines) is 1. The molecule has 2 heterocycles. The van der Waals surface area contributed by atoms with Gasteiger partial charge in [0, 0.05) is 29.0 Å². The molecule has 0 bridgehead atoms. The monoisotopic (exact) mass is 568 g/mol. The number of ether oxygens (including phenoxy) is 1. The van der Waals surface area contributed by atoms with Crippen LogP contribution in [0, 0.1) is 6.92 Å². The molecule has 1 fully saturated rings. The highest BCUT2D eigenvalue weighted by Crippen LogP contribution is 2.41. The highest BCUT2D eigenvalue weighted by molar-refractivity contribution is 9.10. The number of ketones is 1. The number of aliphatic hydroxyl groups is 1. The van der Waals surface area contributed by atoms with Crippen LogP contribution in [0.2, 0.25) is 0 Å². The second-order valence-electron chi connectivity index (χ2n) is 9.10. The third-order valence-electron chi connectivity index (χ3n) is 6.47. The molecule has 3 aromatic carbocycles.